The summed E-state index contributed by atoms with van der Waals surface area (Å²) in [5.41, 5.74) is 1.05. The van der Waals surface area contributed by atoms with Crippen LogP contribution in [0.5, 0.6) is 0 Å². The molecule has 1 aliphatic rings. The Bertz CT molecular complexity index is 766. The van der Waals surface area contributed by atoms with Gasteiger partial charge in [0.15, 0.2) is 0 Å². The van der Waals surface area contributed by atoms with Crippen LogP contribution in [0.2, 0.25) is 0 Å². The molecule has 1 saturated heterocycles. The molecule has 1 aromatic carbocycles. The Kier molecular flexibility index (Phi) is 5.55. The van der Waals surface area contributed by atoms with Gasteiger partial charge >= 0.3 is 6.55 Å². The molecule has 0 spiro atoms. The first kappa shape index (κ1) is 18.8. The largest absolute Gasteiger partial charge is 0.353 e. The smallest absolute Gasteiger partial charge is 0.320 e. The van der Waals surface area contributed by atoms with E-state index in [0.29, 0.717) is 16.9 Å². The molecule has 0 saturated carbocycles. The van der Waals surface area contributed by atoms with Gasteiger partial charge in [-0.05, 0) is 31.9 Å². The van der Waals surface area contributed by atoms with Crippen LogP contribution in [0.1, 0.15) is 52.0 Å². The van der Waals surface area contributed by atoms with Crippen molar-refractivity contribution < 1.29 is 13.6 Å². The fraction of sp³-hybridized carbons (Fsp3) is 0.579. The highest BCUT2D eigenvalue weighted by Gasteiger charge is 2.29. The summed E-state index contributed by atoms with van der Waals surface area (Å²) >= 11 is 0. The number of amides is 1. The lowest BCUT2D eigenvalue weighted by Crippen LogP contribution is -2.46. The summed E-state index contributed by atoms with van der Waals surface area (Å²) < 4.78 is 28.3. The summed E-state index contributed by atoms with van der Waals surface area (Å²) in [5, 5.41) is 3.06. The van der Waals surface area contributed by atoms with Crippen molar-refractivity contribution in [2.45, 2.75) is 52.2 Å². The summed E-state index contributed by atoms with van der Waals surface area (Å²) in [4.78, 5) is 18.5. The number of likely N-dealkylation sites (tertiary alicyclic amines) is 1. The van der Waals surface area contributed by atoms with Crippen molar-refractivity contribution in [1.82, 2.24) is 19.8 Å². The van der Waals surface area contributed by atoms with Gasteiger partial charge in [-0.3, -0.25) is 14.3 Å². The number of alkyl halides is 2. The number of carbonyl (C=O) groups excluding carboxylic acids is 1. The molecule has 5 nitrogen and oxygen atoms in total. The Hall–Kier alpha value is -2.02. The van der Waals surface area contributed by atoms with Gasteiger partial charge in [-0.1, -0.05) is 26.0 Å². The number of carbonyl (C=O) groups is 1. The van der Waals surface area contributed by atoms with Crippen LogP contribution in [0.3, 0.4) is 0 Å². The Labute approximate surface area is 152 Å². The molecule has 1 atom stereocenters. The maximum absolute atomic E-state index is 13.7. The molecule has 0 radical (unpaired) electrons. The number of para-hydroxylation sites is 2. The van der Waals surface area contributed by atoms with Crippen LogP contribution in [-0.2, 0) is 4.79 Å². The topological polar surface area (TPSA) is 50.2 Å². The number of fused-ring (bicyclic) bond motifs is 1. The summed E-state index contributed by atoms with van der Waals surface area (Å²) in [7, 11) is 0. The highest BCUT2D eigenvalue weighted by molar-refractivity contribution is 5.78. The number of hydrogen-bond donors (Lipinski definition) is 1. The van der Waals surface area contributed by atoms with Crippen molar-refractivity contribution in [2.75, 3.05) is 13.1 Å². The van der Waals surface area contributed by atoms with Gasteiger partial charge in [0, 0.05) is 25.0 Å². The molecular formula is C19H26F2N4O. The minimum Gasteiger partial charge on any atom is -0.353 e. The number of rotatable bonds is 5. The van der Waals surface area contributed by atoms with Crippen molar-refractivity contribution >= 4 is 16.9 Å². The highest BCUT2D eigenvalue weighted by Crippen LogP contribution is 2.30. The predicted octanol–water partition coefficient (Wildman–Crippen LogP) is 3.73. The normalized spacial score (nSPS) is 18.0. The zero-order valence-corrected chi connectivity index (χ0v) is 15.5. The molecule has 1 N–H and O–H groups in total. The average molecular weight is 364 g/mol. The molecule has 3 rings (SSSR count). The van der Waals surface area contributed by atoms with E-state index < -0.39 is 6.55 Å². The Morgan fingerprint density at radius 1 is 1.19 bits per heavy atom. The predicted molar refractivity (Wildman–Crippen MR) is 97.0 cm³/mol. The fourth-order valence-corrected chi connectivity index (χ4v) is 3.53. The lowest BCUT2D eigenvalue weighted by molar-refractivity contribution is -0.125. The maximum atomic E-state index is 13.7. The highest BCUT2D eigenvalue weighted by atomic mass is 19.3. The Morgan fingerprint density at radius 3 is 2.46 bits per heavy atom. The zero-order valence-electron chi connectivity index (χ0n) is 15.5. The molecule has 0 bridgehead atoms. The molecule has 2 heterocycles. The van der Waals surface area contributed by atoms with Crippen LogP contribution in [-0.4, -0.2) is 39.5 Å². The van der Waals surface area contributed by atoms with Crippen molar-refractivity contribution in [3.8, 4) is 0 Å². The number of hydrogen-bond acceptors (Lipinski definition) is 3. The van der Waals surface area contributed by atoms with Crippen molar-refractivity contribution in [2.24, 2.45) is 5.92 Å². The molecule has 26 heavy (non-hydrogen) atoms. The first-order valence-electron chi connectivity index (χ1n) is 9.18. The molecule has 1 fully saturated rings. The van der Waals surface area contributed by atoms with E-state index in [1.54, 1.807) is 18.2 Å². The van der Waals surface area contributed by atoms with E-state index in [-0.39, 0.29) is 23.9 Å². The van der Waals surface area contributed by atoms with Crippen LogP contribution < -0.4 is 5.32 Å². The molecule has 1 unspecified atom stereocenters. The number of halogens is 2. The minimum atomic E-state index is -2.62. The number of benzene rings is 1. The summed E-state index contributed by atoms with van der Waals surface area (Å²) in [5.74, 6) is 0.430. The second kappa shape index (κ2) is 7.70. The van der Waals surface area contributed by atoms with Crippen LogP contribution >= 0.6 is 0 Å². The van der Waals surface area contributed by atoms with Crippen LogP contribution in [0.15, 0.2) is 24.3 Å². The van der Waals surface area contributed by atoms with E-state index in [1.807, 2.05) is 26.8 Å². The van der Waals surface area contributed by atoms with Gasteiger partial charge in [0.05, 0.1) is 17.1 Å². The van der Waals surface area contributed by atoms with Crippen molar-refractivity contribution in [3.63, 3.8) is 0 Å². The number of nitrogens with one attached hydrogen (secondary N) is 1. The lowest BCUT2D eigenvalue weighted by Gasteiger charge is -2.36. The minimum absolute atomic E-state index is 0.0297. The van der Waals surface area contributed by atoms with E-state index in [0.717, 1.165) is 30.5 Å². The van der Waals surface area contributed by atoms with Crippen molar-refractivity contribution in [1.29, 1.82) is 0 Å². The second-order valence-electron chi connectivity index (χ2n) is 7.26. The Balaban J connectivity index is 1.73. The second-order valence-corrected chi connectivity index (χ2v) is 7.26. The SMILES string of the molecule is CC(C)C(=O)NC1CCN(C(C)c2nc3ccccc3n2C(F)F)CC1. The quantitative estimate of drug-likeness (QED) is 0.880. The van der Waals surface area contributed by atoms with Gasteiger partial charge in [-0.2, -0.15) is 8.78 Å². The van der Waals surface area contributed by atoms with Gasteiger partial charge in [-0.25, -0.2) is 4.98 Å². The monoisotopic (exact) mass is 364 g/mol. The van der Waals surface area contributed by atoms with Gasteiger partial charge in [0.1, 0.15) is 5.82 Å². The molecule has 7 heteroatoms. The third-order valence-electron chi connectivity index (χ3n) is 5.14. The maximum Gasteiger partial charge on any atom is 0.320 e. The number of nitrogens with zero attached hydrogens (tertiary/aromatic N) is 3. The molecule has 1 aromatic heterocycles. The number of piperidine rings is 1. The first-order chi connectivity index (χ1) is 12.4. The Morgan fingerprint density at radius 2 is 1.85 bits per heavy atom. The third-order valence-corrected chi connectivity index (χ3v) is 5.14. The number of imidazole rings is 1. The number of aromatic nitrogens is 2. The van der Waals surface area contributed by atoms with Crippen molar-refractivity contribution in [3.05, 3.63) is 30.1 Å². The molecule has 1 aliphatic heterocycles. The lowest BCUT2D eigenvalue weighted by atomic mass is 10.0. The van der Waals surface area contributed by atoms with Gasteiger partial charge < -0.3 is 5.32 Å². The van der Waals surface area contributed by atoms with E-state index >= 15 is 0 Å². The zero-order chi connectivity index (χ0) is 18.8. The standard InChI is InChI=1S/C19H26F2N4O/c1-12(2)18(26)22-14-8-10-24(11-9-14)13(3)17-23-15-6-4-5-7-16(15)25(17)19(20)21/h4-7,12-14,19H,8-11H2,1-3H3,(H,22,26). The fourth-order valence-electron chi connectivity index (χ4n) is 3.53. The summed E-state index contributed by atoms with van der Waals surface area (Å²) in [6, 6.07) is 6.94. The van der Waals surface area contributed by atoms with Gasteiger partial charge in [-0.15, -0.1) is 0 Å². The molecular weight excluding hydrogens is 338 g/mol. The van der Waals surface area contributed by atoms with Crippen LogP contribution in [0, 0.1) is 5.92 Å². The van der Waals surface area contributed by atoms with Gasteiger partial charge in [0.2, 0.25) is 5.91 Å². The van der Waals surface area contributed by atoms with Crippen LogP contribution in [0.25, 0.3) is 11.0 Å². The van der Waals surface area contributed by atoms with E-state index in [1.165, 1.54) is 0 Å². The average Bonchev–Trinajstić information content (AvgIpc) is 3.01. The van der Waals surface area contributed by atoms with Crippen LogP contribution in [0.4, 0.5) is 8.78 Å². The summed E-state index contributed by atoms with van der Waals surface area (Å²) in [6.07, 6.45) is 1.63. The molecule has 1 amide bonds. The first-order valence-corrected chi connectivity index (χ1v) is 9.18. The summed E-state index contributed by atoms with van der Waals surface area (Å²) in [6.45, 7) is 4.55. The van der Waals surface area contributed by atoms with Gasteiger partial charge in [0.25, 0.3) is 0 Å². The van der Waals surface area contributed by atoms with E-state index in [4.69, 9.17) is 0 Å². The molecule has 142 valence electrons. The van der Waals surface area contributed by atoms with E-state index in [9.17, 15) is 13.6 Å². The molecule has 2 aromatic rings. The molecule has 0 aliphatic carbocycles. The van der Waals surface area contributed by atoms with E-state index in [2.05, 4.69) is 15.2 Å². The third kappa shape index (κ3) is 3.72.